The highest BCUT2D eigenvalue weighted by Crippen LogP contribution is 2.23. The molecule has 3 aromatic carbocycles. The first kappa shape index (κ1) is 23.2. The van der Waals surface area contributed by atoms with Crippen LogP contribution in [-0.4, -0.2) is 12.6 Å². The van der Waals surface area contributed by atoms with Crippen LogP contribution in [0.25, 0.3) is 0 Å². The number of carbonyl (C=O) groups is 1. The van der Waals surface area contributed by atoms with Gasteiger partial charge in [0.05, 0.1) is 23.5 Å². The normalized spacial score (nSPS) is 11.9. The van der Waals surface area contributed by atoms with Crippen LogP contribution in [0.3, 0.4) is 0 Å². The van der Waals surface area contributed by atoms with Gasteiger partial charge in [-0.05, 0) is 67.4 Å². The number of hydrogen-bond donors (Lipinski definition) is 0. The summed E-state index contributed by atoms with van der Waals surface area (Å²) >= 11 is 0. The first-order valence-corrected chi connectivity index (χ1v) is 11.2. The second-order valence-corrected chi connectivity index (χ2v) is 7.61. The Balaban J connectivity index is 1.50. The van der Waals surface area contributed by atoms with Crippen molar-refractivity contribution in [2.75, 3.05) is 6.61 Å². The summed E-state index contributed by atoms with van der Waals surface area (Å²) in [6.07, 6.45) is 4.43. The van der Waals surface area contributed by atoms with Gasteiger partial charge in [-0.1, -0.05) is 56.5 Å². The molecule has 1 atom stereocenters. The molecule has 0 aliphatic carbocycles. The van der Waals surface area contributed by atoms with E-state index in [1.54, 1.807) is 24.3 Å². The number of ether oxygens (including phenoxy) is 2. The largest absolute Gasteiger partial charge is 0.494 e. The monoisotopic (exact) mass is 430 g/mol. The van der Waals surface area contributed by atoms with Crippen molar-refractivity contribution in [1.29, 1.82) is 0 Å². The van der Waals surface area contributed by atoms with E-state index in [2.05, 4.69) is 17.2 Å². The third kappa shape index (κ3) is 7.34. The van der Waals surface area contributed by atoms with E-state index in [1.165, 1.54) is 19.3 Å². The van der Waals surface area contributed by atoms with Crippen LogP contribution in [0.4, 0.5) is 11.4 Å². The minimum absolute atomic E-state index is 0.314. The van der Waals surface area contributed by atoms with Crippen LogP contribution < -0.4 is 4.74 Å². The molecule has 0 aliphatic heterocycles. The number of nitrogens with zero attached hydrogens (tertiary/aromatic N) is 2. The first-order chi connectivity index (χ1) is 15.7. The number of carbonyl (C=O) groups excluding carboxylic acids is 1. The fourth-order valence-corrected chi connectivity index (χ4v) is 3.13. The lowest BCUT2D eigenvalue weighted by Crippen LogP contribution is -2.08. The summed E-state index contributed by atoms with van der Waals surface area (Å²) in [5, 5.41) is 8.50. The molecule has 0 fully saturated rings. The predicted molar refractivity (Wildman–Crippen MR) is 127 cm³/mol. The molecule has 0 amide bonds. The van der Waals surface area contributed by atoms with Crippen molar-refractivity contribution in [3.8, 4) is 5.75 Å². The molecule has 0 radical (unpaired) electrons. The van der Waals surface area contributed by atoms with Gasteiger partial charge in [-0.2, -0.15) is 10.2 Å². The second kappa shape index (κ2) is 12.4. The van der Waals surface area contributed by atoms with E-state index in [0.717, 1.165) is 30.0 Å². The highest BCUT2D eigenvalue weighted by atomic mass is 16.5. The SMILES string of the molecule is CCCCCCOc1ccc(N=Nc2ccc(C(=O)OC(C)c3ccccc3)cc2)cc1. The van der Waals surface area contributed by atoms with Crippen LogP contribution in [0.2, 0.25) is 0 Å². The Hall–Kier alpha value is -3.47. The molecule has 0 saturated heterocycles. The average Bonchev–Trinajstić information content (AvgIpc) is 2.84. The zero-order valence-electron chi connectivity index (χ0n) is 18.7. The van der Waals surface area contributed by atoms with Crippen LogP contribution in [0.15, 0.2) is 89.1 Å². The average molecular weight is 431 g/mol. The van der Waals surface area contributed by atoms with E-state index in [1.807, 2.05) is 61.5 Å². The highest BCUT2D eigenvalue weighted by Gasteiger charge is 2.13. The van der Waals surface area contributed by atoms with Crippen molar-refractivity contribution in [2.45, 2.75) is 45.6 Å². The number of azo groups is 1. The highest BCUT2D eigenvalue weighted by molar-refractivity contribution is 5.89. The lowest BCUT2D eigenvalue weighted by Gasteiger charge is -2.13. The van der Waals surface area contributed by atoms with Crippen LogP contribution in [-0.2, 0) is 4.74 Å². The van der Waals surface area contributed by atoms with Gasteiger partial charge in [-0.15, -0.1) is 0 Å². The summed E-state index contributed by atoms with van der Waals surface area (Å²) in [5.41, 5.74) is 2.84. The smallest absolute Gasteiger partial charge is 0.338 e. The van der Waals surface area contributed by atoms with Crippen LogP contribution in [0, 0.1) is 0 Å². The van der Waals surface area contributed by atoms with E-state index < -0.39 is 0 Å². The van der Waals surface area contributed by atoms with Crippen LogP contribution in [0.5, 0.6) is 5.75 Å². The Morgan fingerprint density at radius 3 is 2.06 bits per heavy atom. The van der Waals surface area contributed by atoms with Gasteiger partial charge in [0.15, 0.2) is 0 Å². The van der Waals surface area contributed by atoms with Crippen molar-refractivity contribution in [3.05, 3.63) is 90.0 Å². The summed E-state index contributed by atoms with van der Waals surface area (Å²) < 4.78 is 11.3. The zero-order chi connectivity index (χ0) is 22.6. The topological polar surface area (TPSA) is 60.2 Å². The molecule has 0 heterocycles. The summed E-state index contributed by atoms with van der Waals surface area (Å²) in [7, 11) is 0. The first-order valence-electron chi connectivity index (χ1n) is 11.2. The van der Waals surface area contributed by atoms with E-state index in [4.69, 9.17) is 9.47 Å². The molecule has 0 saturated carbocycles. The van der Waals surface area contributed by atoms with E-state index in [-0.39, 0.29) is 12.1 Å². The van der Waals surface area contributed by atoms with Gasteiger partial charge in [-0.3, -0.25) is 0 Å². The van der Waals surface area contributed by atoms with Gasteiger partial charge >= 0.3 is 5.97 Å². The van der Waals surface area contributed by atoms with Crippen LogP contribution in [0.1, 0.15) is 61.6 Å². The Kier molecular flexibility index (Phi) is 8.99. The van der Waals surface area contributed by atoms with E-state index in [0.29, 0.717) is 11.3 Å². The molecular formula is C27H30N2O3. The molecule has 0 aliphatic rings. The minimum Gasteiger partial charge on any atom is -0.494 e. The Morgan fingerprint density at radius 2 is 1.44 bits per heavy atom. The lowest BCUT2D eigenvalue weighted by molar-refractivity contribution is 0.0338. The standard InChI is InChI=1S/C27H30N2O3/c1-3-4-5-9-20-31-26-18-16-25(17-19-26)29-28-24-14-12-23(13-15-24)27(30)32-21(2)22-10-7-6-8-11-22/h6-8,10-19,21H,3-5,9,20H2,1-2H3. The van der Waals surface area contributed by atoms with E-state index >= 15 is 0 Å². The Bertz CT molecular complexity index is 984. The molecule has 5 nitrogen and oxygen atoms in total. The van der Waals surface area contributed by atoms with E-state index in [9.17, 15) is 4.79 Å². The fourth-order valence-electron chi connectivity index (χ4n) is 3.13. The Morgan fingerprint density at radius 1 is 0.812 bits per heavy atom. The zero-order valence-corrected chi connectivity index (χ0v) is 18.7. The molecule has 3 aromatic rings. The number of hydrogen-bond acceptors (Lipinski definition) is 5. The van der Waals surface area contributed by atoms with Crippen LogP contribution >= 0.6 is 0 Å². The van der Waals surface area contributed by atoms with Crippen molar-refractivity contribution < 1.29 is 14.3 Å². The summed E-state index contributed by atoms with van der Waals surface area (Å²) in [5.74, 6) is 0.475. The lowest BCUT2D eigenvalue weighted by atomic mass is 10.1. The van der Waals surface area contributed by atoms with Gasteiger partial charge in [-0.25, -0.2) is 4.79 Å². The van der Waals surface area contributed by atoms with Gasteiger partial charge in [0.2, 0.25) is 0 Å². The number of rotatable bonds is 11. The summed E-state index contributed by atoms with van der Waals surface area (Å²) in [6.45, 7) is 4.79. The molecule has 3 rings (SSSR count). The third-order valence-electron chi connectivity index (χ3n) is 5.04. The second-order valence-electron chi connectivity index (χ2n) is 7.61. The molecule has 0 bridgehead atoms. The molecule has 32 heavy (non-hydrogen) atoms. The molecule has 1 unspecified atom stereocenters. The molecule has 0 N–H and O–H groups in total. The van der Waals surface area contributed by atoms with Gasteiger partial charge < -0.3 is 9.47 Å². The van der Waals surface area contributed by atoms with Gasteiger partial charge in [0.25, 0.3) is 0 Å². The van der Waals surface area contributed by atoms with Gasteiger partial charge in [0.1, 0.15) is 11.9 Å². The number of benzene rings is 3. The van der Waals surface area contributed by atoms with Gasteiger partial charge in [0, 0.05) is 0 Å². The maximum Gasteiger partial charge on any atom is 0.338 e. The quantitative estimate of drug-likeness (QED) is 0.176. The minimum atomic E-state index is -0.366. The summed E-state index contributed by atoms with van der Waals surface area (Å²) in [4.78, 5) is 12.4. The summed E-state index contributed by atoms with van der Waals surface area (Å²) in [6, 6.07) is 24.1. The van der Waals surface area contributed by atoms with Crippen molar-refractivity contribution in [3.63, 3.8) is 0 Å². The maximum absolute atomic E-state index is 12.4. The number of esters is 1. The van der Waals surface area contributed by atoms with Crippen molar-refractivity contribution in [2.24, 2.45) is 10.2 Å². The molecule has 0 spiro atoms. The molecule has 5 heteroatoms. The molecular weight excluding hydrogens is 400 g/mol. The Labute approximate surface area is 190 Å². The van der Waals surface area contributed by atoms with Crippen molar-refractivity contribution in [1.82, 2.24) is 0 Å². The molecule has 0 aromatic heterocycles. The number of unbranched alkanes of at least 4 members (excludes halogenated alkanes) is 3. The molecule has 166 valence electrons. The predicted octanol–water partition coefficient (Wildman–Crippen LogP) is 7.98. The fraction of sp³-hybridized carbons (Fsp3) is 0.296. The third-order valence-corrected chi connectivity index (χ3v) is 5.04. The maximum atomic E-state index is 12.4. The van der Waals surface area contributed by atoms with Crippen molar-refractivity contribution >= 4 is 17.3 Å².